The SMILES string of the molecule is CCOC(=O)[C@@H]1CNCCC1c1ccc(OC)cc1. The Hall–Kier alpha value is -1.55. The van der Waals surface area contributed by atoms with Crippen molar-refractivity contribution in [3.63, 3.8) is 0 Å². The number of ether oxygens (including phenoxy) is 2. The van der Waals surface area contributed by atoms with Gasteiger partial charge in [-0.2, -0.15) is 0 Å². The van der Waals surface area contributed by atoms with Crippen LogP contribution >= 0.6 is 0 Å². The number of methoxy groups -OCH3 is 1. The zero-order valence-corrected chi connectivity index (χ0v) is 11.5. The first-order chi connectivity index (χ1) is 9.26. The van der Waals surface area contributed by atoms with Crippen LogP contribution in [0, 0.1) is 5.92 Å². The number of benzene rings is 1. The number of carbonyl (C=O) groups is 1. The number of hydrogen-bond acceptors (Lipinski definition) is 4. The molecule has 1 aliphatic rings. The molecule has 0 aliphatic carbocycles. The fourth-order valence-electron chi connectivity index (χ4n) is 2.61. The highest BCUT2D eigenvalue weighted by atomic mass is 16.5. The fraction of sp³-hybridized carbons (Fsp3) is 0.533. The van der Waals surface area contributed by atoms with Gasteiger partial charge in [-0.3, -0.25) is 4.79 Å². The molecule has 104 valence electrons. The lowest BCUT2D eigenvalue weighted by atomic mass is 9.81. The maximum absolute atomic E-state index is 12.0. The van der Waals surface area contributed by atoms with E-state index in [-0.39, 0.29) is 17.8 Å². The van der Waals surface area contributed by atoms with Gasteiger partial charge < -0.3 is 14.8 Å². The summed E-state index contributed by atoms with van der Waals surface area (Å²) in [5.74, 6) is 0.870. The van der Waals surface area contributed by atoms with Gasteiger partial charge in [0, 0.05) is 6.54 Å². The predicted octanol–water partition coefficient (Wildman–Crippen LogP) is 1.95. The Morgan fingerprint density at radius 3 is 2.74 bits per heavy atom. The number of esters is 1. The van der Waals surface area contributed by atoms with E-state index in [2.05, 4.69) is 5.32 Å². The van der Waals surface area contributed by atoms with Gasteiger partial charge in [0.2, 0.25) is 0 Å². The first-order valence-electron chi connectivity index (χ1n) is 6.77. The molecule has 0 aromatic heterocycles. The third-order valence-corrected chi connectivity index (χ3v) is 3.62. The normalized spacial score (nSPS) is 22.8. The quantitative estimate of drug-likeness (QED) is 0.844. The van der Waals surface area contributed by atoms with Crippen LogP contribution in [0.1, 0.15) is 24.8 Å². The molecular weight excluding hydrogens is 242 g/mol. The van der Waals surface area contributed by atoms with Crippen molar-refractivity contribution in [1.29, 1.82) is 0 Å². The molecule has 1 saturated heterocycles. The minimum atomic E-state index is -0.101. The zero-order chi connectivity index (χ0) is 13.7. The molecule has 4 heteroatoms. The highest BCUT2D eigenvalue weighted by Crippen LogP contribution is 2.32. The van der Waals surface area contributed by atoms with Crippen LogP contribution < -0.4 is 10.1 Å². The highest BCUT2D eigenvalue weighted by molar-refractivity contribution is 5.74. The van der Waals surface area contributed by atoms with Crippen LogP contribution in [0.3, 0.4) is 0 Å². The molecule has 0 spiro atoms. The average molecular weight is 263 g/mol. The molecule has 1 aromatic rings. The van der Waals surface area contributed by atoms with E-state index >= 15 is 0 Å². The van der Waals surface area contributed by atoms with Gasteiger partial charge in [0.15, 0.2) is 0 Å². The van der Waals surface area contributed by atoms with E-state index in [0.717, 1.165) is 18.7 Å². The molecule has 4 nitrogen and oxygen atoms in total. The Balaban J connectivity index is 2.15. The molecule has 1 aromatic carbocycles. The molecule has 1 heterocycles. The molecule has 0 bridgehead atoms. The summed E-state index contributed by atoms with van der Waals surface area (Å²) in [5, 5.41) is 3.27. The van der Waals surface area contributed by atoms with E-state index in [1.165, 1.54) is 5.56 Å². The second-order valence-corrected chi connectivity index (χ2v) is 4.73. The molecule has 2 atom stereocenters. The molecule has 1 N–H and O–H groups in total. The van der Waals surface area contributed by atoms with E-state index in [0.29, 0.717) is 13.2 Å². The van der Waals surface area contributed by atoms with Crippen LogP contribution in [-0.2, 0) is 9.53 Å². The van der Waals surface area contributed by atoms with Crippen molar-refractivity contribution in [1.82, 2.24) is 5.32 Å². The largest absolute Gasteiger partial charge is 0.497 e. The van der Waals surface area contributed by atoms with Gasteiger partial charge in [0.1, 0.15) is 5.75 Å². The molecule has 1 aliphatic heterocycles. The van der Waals surface area contributed by atoms with Gasteiger partial charge in [-0.25, -0.2) is 0 Å². The monoisotopic (exact) mass is 263 g/mol. The first-order valence-corrected chi connectivity index (χ1v) is 6.77. The van der Waals surface area contributed by atoms with E-state index < -0.39 is 0 Å². The number of piperidine rings is 1. The maximum atomic E-state index is 12.0. The third kappa shape index (κ3) is 3.26. The Kier molecular flexibility index (Phi) is 4.80. The summed E-state index contributed by atoms with van der Waals surface area (Å²) in [6, 6.07) is 7.97. The molecule has 0 radical (unpaired) electrons. The van der Waals surface area contributed by atoms with Crippen molar-refractivity contribution < 1.29 is 14.3 Å². The standard InChI is InChI=1S/C15H21NO3/c1-3-19-15(17)14-10-16-9-8-13(14)11-4-6-12(18-2)7-5-11/h4-7,13-14,16H,3,8-10H2,1-2H3/t13?,14-/m1/s1. The summed E-state index contributed by atoms with van der Waals surface area (Å²) >= 11 is 0. The number of carbonyl (C=O) groups excluding carboxylic acids is 1. The smallest absolute Gasteiger partial charge is 0.310 e. The van der Waals surface area contributed by atoms with Crippen molar-refractivity contribution in [2.45, 2.75) is 19.3 Å². The Labute approximate surface area is 114 Å². The second-order valence-electron chi connectivity index (χ2n) is 4.73. The van der Waals surface area contributed by atoms with Gasteiger partial charge >= 0.3 is 5.97 Å². The summed E-state index contributed by atoms with van der Waals surface area (Å²) in [5.41, 5.74) is 1.18. The Morgan fingerprint density at radius 1 is 1.37 bits per heavy atom. The highest BCUT2D eigenvalue weighted by Gasteiger charge is 2.32. The number of rotatable bonds is 4. The zero-order valence-electron chi connectivity index (χ0n) is 11.5. The van der Waals surface area contributed by atoms with Crippen LogP contribution in [0.4, 0.5) is 0 Å². The lowest BCUT2D eigenvalue weighted by Crippen LogP contribution is -2.40. The van der Waals surface area contributed by atoms with E-state index in [1.807, 2.05) is 31.2 Å². The predicted molar refractivity (Wildman–Crippen MR) is 73.3 cm³/mol. The van der Waals surface area contributed by atoms with Crippen LogP contribution in [0.5, 0.6) is 5.75 Å². The molecule has 2 rings (SSSR count). The summed E-state index contributed by atoms with van der Waals surface area (Å²) in [4.78, 5) is 12.0. The van der Waals surface area contributed by atoms with Gasteiger partial charge in [0.25, 0.3) is 0 Å². The van der Waals surface area contributed by atoms with Crippen LogP contribution in [0.25, 0.3) is 0 Å². The lowest BCUT2D eigenvalue weighted by Gasteiger charge is -2.30. The van der Waals surface area contributed by atoms with Gasteiger partial charge in [-0.05, 0) is 43.5 Å². The first kappa shape index (κ1) is 13.9. The molecule has 1 unspecified atom stereocenters. The van der Waals surface area contributed by atoms with Crippen LogP contribution in [-0.4, -0.2) is 32.8 Å². The summed E-state index contributed by atoms with van der Waals surface area (Å²) in [7, 11) is 1.65. The van der Waals surface area contributed by atoms with E-state index in [9.17, 15) is 4.79 Å². The third-order valence-electron chi connectivity index (χ3n) is 3.62. The Morgan fingerprint density at radius 2 is 2.11 bits per heavy atom. The molecular formula is C15H21NO3. The number of hydrogen-bond donors (Lipinski definition) is 1. The van der Waals surface area contributed by atoms with Gasteiger partial charge in [-0.15, -0.1) is 0 Å². The van der Waals surface area contributed by atoms with Gasteiger partial charge in [0.05, 0.1) is 19.6 Å². The maximum Gasteiger partial charge on any atom is 0.310 e. The van der Waals surface area contributed by atoms with Crippen molar-refractivity contribution in [3.8, 4) is 5.75 Å². The fourth-order valence-corrected chi connectivity index (χ4v) is 2.61. The van der Waals surface area contributed by atoms with Crippen molar-refractivity contribution in [3.05, 3.63) is 29.8 Å². The summed E-state index contributed by atoms with van der Waals surface area (Å²) in [6.07, 6.45) is 0.954. The van der Waals surface area contributed by atoms with Crippen LogP contribution in [0.2, 0.25) is 0 Å². The average Bonchev–Trinajstić information content (AvgIpc) is 2.47. The van der Waals surface area contributed by atoms with E-state index in [4.69, 9.17) is 9.47 Å². The second kappa shape index (κ2) is 6.57. The van der Waals surface area contributed by atoms with Gasteiger partial charge in [-0.1, -0.05) is 12.1 Å². The minimum absolute atomic E-state index is 0.0953. The summed E-state index contributed by atoms with van der Waals surface area (Å²) < 4.78 is 10.3. The van der Waals surface area contributed by atoms with Crippen LogP contribution in [0.15, 0.2) is 24.3 Å². The topological polar surface area (TPSA) is 47.6 Å². The summed E-state index contributed by atoms with van der Waals surface area (Å²) in [6.45, 7) is 3.91. The number of nitrogens with one attached hydrogen (secondary N) is 1. The minimum Gasteiger partial charge on any atom is -0.497 e. The van der Waals surface area contributed by atoms with E-state index in [1.54, 1.807) is 7.11 Å². The van der Waals surface area contributed by atoms with Crippen molar-refractivity contribution >= 4 is 5.97 Å². The molecule has 19 heavy (non-hydrogen) atoms. The van der Waals surface area contributed by atoms with Crippen molar-refractivity contribution in [2.75, 3.05) is 26.8 Å². The molecule has 0 amide bonds. The Bertz CT molecular complexity index is 416. The van der Waals surface area contributed by atoms with Crippen molar-refractivity contribution in [2.24, 2.45) is 5.92 Å². The molecule has 1 fully saturated rings. The molecule has 0 saturated carbocycles. The lowest BCUT2D eigenvalue weighted by molar-refractivity contribution is -0.149.